The molecular formula is C29H27NO4S2. The fraction of sp³-hybridized carbons (Fsp3) is 0.172. The van der Waals surface area contributed by atoms with Crippen molar-refractivity contribution in [1.82, 2.24) is 0 Å². The maximum atomic E-state index is 13.3. The number of rotatable bonds is 10. The molecule has 0 atom stereocenters. The van der Waals surface area contributed by atoms with E-state index >= 15 is 0 Å². The lowest BCUT2D eigenvalue weighted by atomic mass is 10.0. The smallest absolute Gasteiger partial charge is 0.270 e. The van der Waals surface area contributed by atoms with Gasteiger partial charge in [0.15, 0.2) is 15.8 Å². The zero-order chi connectivity index (χ0) is 25.5. The van der Waals surface area contributed by atoms with Crippen LogP contribution in [-0.2, 0) is 17.8 Å². The molecule has 0 N–H and O–H groups in total. The number of anilines is 1. The van der Waals surface area contributed by atoms with Crippen molar-refractivity contribution in [2.75, 3.05) is 18.6 Å². The van der Waals surface area contributed by atoms with Gasteiger partial charge in [0.05, 0.1) is 24.3 Å². The molecule has 4 rings (SSSR count). The van der Waals surface area contributed by atoms with Crippen molar-refractivity contribution < 1.29 is 19.0 Å². The van der Waals surface area contributed by atoms with E-state index in [0.717, 1.165) is 16.7 Å². The molecule has 0 unspecified atom stereocenters. The Balaban J connectivity index is 1.65. The molecule has 3 aromatic carbocycles. The molecule has 0 saturated carbocycles. The van der Waals surface area contributed by atoms with Crippen molar-refractivity contribution in [1.29, 1.82) is 0 Å². The number of nitrogens with zero attached hydrogens (tertiary/aromatic N) is 1. The minimum Gasteiger partial charge on any atom is -0.497 e. The summed E-state index contributed by atoms with van der Waals surface area (Å²) in [7, 11) is 1.60. The first-order valence-electron chi connectivity index (χ1n) is 11.5. The van der Waals surface area contributed by atoms with E-state index in [1.165, 1.54) is 16.7 Å². The average Bonchev–Trinajstić information content (AvgIpc) is 3.17. The van der Waals surface area contributed by atoms with Crippen LogP contribution in [0.5, 0.6) is 17.2 Å². The van der Waals surface area contributed by atoms with Crippen LogP contribution in [0.15, 0.2) is 84.3 Å². The number of ether oxygens (including phenoxy) is 3. The molecule has 7 heteroatoms. The van der Waals surface area contributed by atoms with Gasteiger partial charge in [-0.3, -0.25) is 9.69 Å². The van der Waals surface area contributed by atoms with Crippen molar-refractivity contribution in [2.24, 2.45) is 0 Å². The number of allylic oxidation sites excluding steroid dienone is 1. The van der Waals surface area contributed by atoms with Gasteiger partial charge >= 0.3 is 0 Å². The minimum atomic E-state index is -0.164. The van der Waals surface area contributed by atoms with Gasteiger partial charge in [-0.15, -0.1) is 6.58 Å². The molecule has 1 heterocycles. The zero-order valence-corrected chi connectivity index (χ0v) is 21.9. The normalized spacial score (nSPS) is 14.3. The van der Waals surface area contributed by atoms with E-state index in [4.69, 9.17) is 26.4 Å². The summed E-state index contributed by atoms with van der Waals surface area (Å²) in [5.41, 5.74) is 3.53. The third-order valence-corrected chi connectivity index (χ3v) is 6.77. The van der Waals surface area contributed by atoms with Gasteiger partial charge in [-0.05, 0) is 66.9 Å². The Labute approximate surface area is 221 Å². The molecule has 5 nitrogen and oxygen atoms in total. The quantitative estimate of drug-likeness (QED) is 0.167. The number of carbonyl (C=O) groups excluding carboxylic acids is 1. The topological polar surface area (TPSA) is 48.0 Å². The Morgan fingerprint density at radius 1 is 1.06 bits per heavy atom. The third-order valence-electron chi connectivity index (χ3n) is 5.47. The predicted molar refractivity (Wildman–Crippen MR) is 151 cm³/mol. The van der Waals surface area contributed by atoms with Crippen LogP contribution in [0.1, 0.15) is 23.6 Å². The number of benzene rings is 3. The lowest BCUT2D eigenvalue weighted by Crippen LogP contribution is -2.27. The highest BCUT2D eigenvalue weighted by molar-refractivity contribution is 8.27. The second-order valence-electron chi connectivity index (χ2n) is 7.92. The fourth-order valence-electron chi connectivity index (χ4n) is 3.80. The van der Waals surface area contributed by atoms with Crippen molar-refractivity contribution in [2.45, 2.75) is 20.0 Å². The molecule has 0 spiro atoms. The molecular weight excluding hydrogens is 490 g/mol. The predicted octanol–water partition coefficient (Wildman–Crippen LogP) is 6.81. The molecule has 0 bridgehead atoms. The molecule has 3 aromatic rings. The number of hydrogen-bond acceptors (Lipinski definition) is 6. The van der Waals surface area contributed by atoms with Crippen molar-refractivity contribution >= 4 is 46.0 Å². The summed E-state index contributed by atoms with van der Waals surface area (Å²) < 4.78 is 17.9. The second-order valence-corrected chi connectivity index (χ2v) is 9.60. The lowest BCUT2D eigenvalue weighted by Gasteiger charge is -2.17. The molecule has 0 radical (unpaired) electrons. The minimum absolute atomic E-state index is 0.164. The summed E-state index contributed by atoms with van der Waals surface area (Å²) >= 11 is 6.81. The maximum absolute atomic E-state index is 13.3. The third kappa shape index (κ3) is 5.80. The van der Waals surface area contributed by atoms with E-state index in [2.05, 4.69) is 6.58 Å². The number of thiocarbonyl (C=S) groups is 1. The molecule has 0 aromatic heterocycles. The zero-order valence-electron chi connectivity index (χ0n) is 20.2. The Morgan fingerprint density at radius 3 is 2.47 bits per heavy atom. The van der Waals surface area contributed by atoms with Gasteiger partial charge in [-0.1, -0.05) is 60.4 Å². The van der Waals surface area contributed by atoms with Gasteiger partial charge in [0, 0.05) is 5.56 Å². The SMILES string of the molecule is C=CCc1cc(/C=C2/SC(=S)N(c3ccc(OC)cc3)C2=O)cc(OCC)c1OCc1ccccc1. The van der Waals surface area contributed by atoms with Crippen molar-refractivity contribution in [3.05, 3.63) is 101 Å². The van der Waals surface area contributed by atoms with Gasteiger partial charge in [0.1, 0.15) is 12.4 Å². The van der Waals surface area contributed by atoms with Crippen LogP contribution in [0.3, 0.4) is 0 Å². The van der Waals surface area contributed by atoms with Gasteiger partial charge in [-0.2, -0.15) is 0 Å². The Hall–Kier alpha value is -3.55. The van der Waals surface area contributed by atoms with E-state index in [1.807, 2.05) is 85.8 Å². The summed E-state index contributed by atoms with van der Waals surface area (Å²) in [6.07, 6.45) is 4.27. The van der Waals surface area contributed by atoms with Crippen LogP contribution < -0.4 is 19.1 Å². The molecule has 36 heavy (non-hydrogen) atoms. The summed E-state index contributed by atoms with van der Waals surface area (Å²) in [5.74, 6) is 1.86. The van der Waals surface area contributed by atoms with Gasteiger partial charge < -0.3 is 14.2 Å². The first-order chi connectivity index (χ1) is 17.5. The average molecular weight is 518 g/mol. The second kappa shape index (κ2) is 11.9. The number of thioether (sulfide) groups is 1. The summed E-state index contributed by atoms with van der Waals surface area (Å²) in [5, 5.41) is 0. The lowest BCUT2D eigenvalue weighted by molar-refractivity contribution is -0.113. The van der Waals surface area contributed by atoms with Crippen LogP contribution in [0.4, 0.5) is 5.69 Å². The highest BCUT2D eigenvalue weighted by atomic mass is 32.2. The summed E-state index contributed by atoms with van der Waals surface area (Å²) in [4.78, 5) is 15.3. The molecule has 1 saturated heterocycles. The Morgan fingerprint density at radius 2 is 1.81 bits per heavy atom. The standard InChI is InChI=1S/C29H27NO4S2/c1-4-9-22-16-21(17-25(33-5-2)27(22)34-19-20-10-7-6-8-11-20)18-26-28(31)30(29(35)36-26)23-12-14-24(32-3)15-13-23/h4,6-8,10-18H,1,5,9,19H2,2-3H3/b26-18+. The molecule has 1 aliphatic heterocycles. The highest BCUT2D eigenvalue weighted by Gasteiger charge is 2.33. The van der Waals surface area contributed by atoms with Gasteiger partial charge in [-0.25, -0.2) is 0 Å². The number of methoxy groups -OCH3 is 1. The maximum Gasteiger partial charge on any atom is 0.270 e. The Kier molecular flexibility index (Phi) is 8.46. The summed E-state index contributed by atoms with van der Waals surface area (Å²) in [6, 6.07) is 21.1. The van der Waals surface area contributed by atoms with Gasteiger partial charge in [0.2, 0.25) is 0 Å². The van der Waals surface area contributed by atoms with Crippen molar-refractivity contribution in [3.63, 3.8) is 0 Å². The first kappa shape index (κ1) is 25.5. The summed E-state index contributed by atoms with van der Waals surface area (Å²) in [6.45, 7) is 6.74. The van der Waals surface area contributed by atoms with E-state index in [0.29, 0.717) is 51.8 Å². The van der Waals surface area contributed by atoms with Crippen LogP contribution in [-0.4, -0.2) is 23.9 Å². The fourth-order valence-corrected chi connectivity index (χ4v) is 5.10. The monoisotopic (exact) mass is 517 g/mol. The molecule has 1 fully saturated rings. The Bertz CT molecular complexity index is 1290. The molecule has 0 aliphatic carbocycles. The molecule has 1 amide bonds. The van der Waals surface area contributed by atoms with Crippen LogP contribution in [0.25, 0.3) is 6.08 Å². The number of amides is 1. The van der Waals surface area contributed by atoms with E-state index in [1.54, 1.807) is 7.11 Å². The van der Waals surface area contributed by atoms with Crippen LogP contribution in [0.2, 0.25) is 0 Å². The van der Waals surface area contributed by atoms with E-state index in [9.17, 15) is 4.79 Å². The number of hydrogen-bond donors (Lipinski definition) is 0. The van der Waals surface area contributed by atoms with Crippen molar-refractivity contribution in [3.8, 4) is 17.2 Å². The van der Waals surface area contributed by atoms with Crippen LogP contribution >= 0.6 is 24.0 Å². The first-order valence-corrected chi connectivity index (χ1v) is 12.8. The van der Waals surface area contributed by atoms with Crippen LogP contribution in [0, 0.1) is 0 Å². The molecule has 184 valence electrons. The molecule has 1 aliphatic rings. The number of carbonyl (C=O) groups is 1. The highest BCUT2D eigenvalue weighted by Crippen LogP contribution is 2.39. The van der Waals surface area contributed by atoms with E-state index in [-0.39, 0.29) is 5.91 Å². The largest absolute Gasteiger partial charge is 0.497 e. The van der Waals surface area contributed by atoms with Gasteiger partial charge in [0.25, 0.3) is 5.91 Å². The van der Waals surface area contributed by atoms with E-state index < -0.39 is 0 Å².